The Hall–Kier alpha value is -3.62. The number of hydrogen-bond donors (Lipinski definition) is 0. The first-order valence-electron chi connectivity index (χ1n) is 8.32. The predicted molar refractivity (Wildman–Crippen MR) is 93.8 cm³/mol. The van der Waals surface area contributed by atoms with E-state index in [0.717, 1.165) is 11.3 Å². The third-order valence-corrected chi connectivity index (χ3v) is 3.86. The van der Waals surface area contributed by atoms with E-state index in [-0.39, 0.29) is 0 Å². The molecule has 0 atom stereocenters. The lowest BCUT2D eigenvalue weighted by Crippen LogP contribution is -1.94. The fraction of sp³-hybridized carbons (Fsp3) is 0.222. The summed E-state index contributed by atoms with van der Waals surface area (Å²) in [6, 6.07) is 11.1. The number of rotatable bonds is 6. The Morgan fingerprint density at radius 2 is 1.56 bits per heavy atom. The molecule has 0 aliphatic heterocycles. The van der Waals surface area contributed by atoms with Crippen molar-refractivity contribution in [2.75, 3.05) is 7.11 Å². The van der Waals surface area contributed by atoms with Crippen molar-refractivity contribution in [1.29, 1.82) is 0 Å². The van der Waals surface area contributed by atoms with Gasteiger partial charge in [0.05, 0.1) is 18.4 Å². The second kappa shape index (κ2) is 7.32. The van der Waals surface area contributed by atoms with Gasteiger partial charge in [-0.25, -0.2) is 0 Å². The second-order valence-electron chi connectivity index (χ2n) is 5.78. The van der Waals surface area contributed by atoms with Gasteiger partial charge in [0.15, 0.2) is 0 Å². The van der Waals surface area contributed by atoms with Gasteiger partial charge in [-0.15, -0.1) is 5.10 Å². The fourth-order valence-electron chi connectivity index (χ4n) is 2.49. The van der Waals surface area contributed by atoms with Gasteiger partial charge in [-0.1, -0.05) is 22.4 Å². The third kappa shape index (κ3) is 3.66. The van der Waals surface area contributed by atoms with Crippen LogP contribution in [0.1, 0.15) is 17.5 Å². The molecule has 0 aliphatic carbocycles. The van der Waals surface area contributed by atoms with Crippen LogP contribution in [-0.4, -0.2) is 37.6 Å². The summed E-state index contributed by atoms with van der Waals surface area (Å²) < 4.78 is 15.9. The first-order chi connectivity index (χ1) is 13.2. The summed E-state index contributed by atoms with van der Waals surface area (Å²) in [6.07, 6.45) is 0.948. The molecule has 136 valence electrons. The molecule has 0 N–H and O–H groups in total. The van der Waals surface area contributed by atoms with Crippen LogP contribution in [0.4, 0.5) is 0 Å². The molecule has 1 aromatic carbocycles. The number of methoxy groups -OCH3 is 1. The number of aromatic nitrogens is 6. The molecule has 9 nitrogen and oxygen atoms in total. The van der Waals surface area contributed by atoms with Gasteiger partial charge >= 0.3 is 0 Å². The summed E-state index contributed by atoms with van der Waals surface area (Å²) in [7, 11) is 1.60. The normalized spacial score (nSPS) is 10.9. The zero-order valence-electron chi connectivity index (χ0n) is 14.8. The molecule has 4 aromatic rings. The van der Waals surface area contributed by atoms with Crippen molar-refractivity contribution in [2.24, 2.45) is 0 Å². The molecule has 0 radical (unpaired) electrons. The minimum Gasteiger partial charge on any atom is -0.496 e. The van der Waals surface area contributed by atoms with Gasteiger partial charge < -0.3 is 13.8 Å². The summed E-state index contributed by atoms with van der Waals surface area (Å²) in [4.78, 5) is 8.74. The monoisotopic (exact) mass is 364 g/mol. The van der Waals surface area contributed by atoms with Gasteiger partial charge in [-0.05, 0) is 31.2 Å². The van der Waals surface area contributed by atoms with Crippen LogP contribution in [0.3, 0.4) is 0 Å². The average Bonchev–Trinajstić information content (AvgIpc) is 3.36. The lowest BCUT2D eigenvalue weighted by Gasteiger charge is -2.02. The molecule has 0 bridgehead atoms. The van der Waals surface area contributed by atoms with E-state index in [0.29, 0.717) is 47.7 Å². The van der Waals surface area contributed by atoms with Crippen LogP contribution >= 0.6 is 0 Å². The summed E-state index contributed by atoms with van der Waals surface area (Å²) in [5.74, 6) is 2.50. The van der Waals surface area contributed by atoms with Crippen molar-refractivity contribution in [3.63, 3.8) is 0 Å². The highest BCUT2D eigenvalue weighted by atomic mass is 16.5. The molecule has 0 aliphatic rings. The summed E-state index contributed by atoms with van der Waals surface area (Å²) in [5.41, 5.74) is 2.16. The van der Waals surface area contributed by atoms with Crippen LogP contribution in [0.2, 0.25) is 0 Å². The Balaban J connectivity index is 1.44. The van der Waals surface area contributed by atoms with Crippen LogP contribution in [-0.2, 0) is 12.8 Å². The van der Waals surface area contributed by atoms with E-state index < -0.39 is 0 Å². The Kier molecular flexibility index (Phi) is 4.56. The molecular formula is C18H16N6O3. The lowest BCUT2D eigenvalue weighted by atomic mass is 10.2. The van der Waals surface area contributed by atoms with Crippen LogP contribution < -0.4 is 4.74 Å². The minimum atomic E-state index is 0.401. The van der Waals surface area contributed by atoms with E-state index in [1.54, 1.807) is 13.2 Å². The SMILES string of the molecule is COc1ccccc1-c1noc(CCc2nc(-c3ccc(C)nn3)no2)n1. The zero-order chi connectivity index (χ0) is 18.6. The summed E-state index contributed by atoms with van der Waals surface area (Å²) in [5, 5.41) is 16.0. The van der Waals surface area contributed by atoms with E-state index in [2.05, 4.69) is 30.5 Å². The Morgan fingerprint density at radius 1 is 0.852 bits per heavy atom. The molecule has 4 rings (SSSR count). The molecule has 0 saturated carbocycles. The van der Waals surface area contributed by atoms with Crippen molar-refractivity contribution in [1.82, 2.24) is 30.5 Å². The Labute approximate surface area is 154 Å². The standard InChI is InChI=1S/C18H16N6O3/c1-11-7-8-13(22-21-11)18-20-16(27-24-18)10-9-15-19-17(23-26-15)12-5-3-4-6-14(12)25-2/h3-8H,9-10H2,1-2H3. The zero-order valence-corrected chi connectivity index (χ0v) is 14.8. The van der Waals surface area contributed by atoms with Crippen molar-refractivity contribution in [3.8, 4) is 28.7 Å². The van der Waals surface area contributed by atoms with E-state index in [4.69, 9.17) is 13.8 Å². The lowest BCUT2D eigenvalue weighted by molar-refractivity contribution is 0.354. The summed E-state index contributed by atoms with van der Waals surface area (Å²) >= 11 is 0. The minimum absolute atomic E-state index is 0.401. The molecule has 27 heavy (non-hydrogen) atoms. The first-order valence-corrected chi connectivity index (χ1v) is 8.32. The number of benzene rings is 1. The van der Waals surface area contributed by atoms with Gasteiger partial charge in [0.25, 0.3) is 0 Å². The quantitative estimate of drug-likeness (QED) is 0.509. The highest BCUT2D eigenvalue weighted by molar-refractivity contribution is 5.63. The highest BCUT2D eigenvalue weighted by Gasteiger charge is 2.15. The van der Waals surface area contributed by atoms with Crippen LogP contribution in [0, 0.1) is 6.92 Å². The number of aryl methyl sites for hydroxylation is 3. The molecule has 3 aromatic heterocycles. The van der Waals surface area contributed by atoms with Gasteiger partial charge in [-0.3, -0.25) is 0 Å². The molecular weight excluding hydrogens is 348 g/mol. The number of nitrogens with zero attached hydrogens (tertiary/aromatic N) is 6. The van der Waals surface area contributed by atoms with E-state index in [1.165, 1.54) is 0 Å². The molecule has 0 spiro atoms. The molecule has 0 saturated heterocycles. The fourth-order valence-corrected chi connectivity index (χ4v) is 2.49. The van der Waals surface area contributed by atoms with Crippen LogP contribution in [0.15, 0.2) is 45.4 Å². The van der Waals surface area contributed by atoms with Crippen molar-refractivity contribution in [2.45, 2.75) is 19.8 Å². The van der Waals surface area contributed by atoms with Crippen LogP contribution in [0.5, 0.6) is 5.75 Å². The number of ether oxygens (including phenoxy) is 1. The molecule has 0 amide bonds. The average molecular weight is 364 g/mol. The Bertz CT molecular complexity index is 1040. The van der Waals surface area contributed by atoms with Crippen molar-refractivity contribution in [3.05, 3.63) is 53.9 Å². The van der Waals surface area contributed by atoms with E-state index in [9.17, 15) is 0 Å². The second-order valence-corrected chi connectivity index (χ2v) is 5.78. The smallest absolute Gasteiger partial charge is 0.227 e. The van der Waals surface area contributed by atoms with E-state index in [1.807, 2.05) is 37.3 Å². The van der Waals surface area contributed by atoms with Crippen molar-refractivity contribution < 1.29 is 13.8 Å². The number of para-hydroxylation sites is 1. The van der Waals surface area contributed by atoms with Crippen LogP contribution in [0.25, 0.3) is 22.9 Å². The topological polar surface area (TPSA) is 113 Å². The molecule has 0 unspecified atom stereocenters. The van der Waals surface area contributed by atoms with Gasteiger partial charge in [0.1, 0.15) is 11.4 Å². The van der Waals surface area contributed by atoms with Crippen molar-refractivity contribution >= 4 is 0 Å². The highest BCUT2D eigenvalue weighted by Crippen LogP contribution is 2.27. The van der Waals surface area contributed by atoms with Gasteiger partial charge in [-0.2, -0.15) is 15.1 Å². The maximum Gasteiger partial charge on any atom is 0.227 e. The largest absolute Gasteiger partial charge is 0.496 e. The maximum absolute atomic E-state index is 5.32. The third-order valence-electron chi connectivity index (χ3n) is 3.86. The summed E-state index contributed by atoms with van der Waals surface area (Å²) in [6.45, 7) is 1.86. The molecule has 3 heterocycles. The first kappa shape index (κ1) is 16.8. The Morgan fingerprint density at radius 3 is 2.26 bits per heavy atom. The number of hydrogen-bond acceptors (Lipinski definition) is 9. The van der Waals surface area contributed by atoms with E-state index >= 15 is 0 Å². The maximum atomic E-state index is 5.32. The van der Waals surface area contributed by atoms with Gasteiger partial charge in [0, 0.05) is 12.8 Å². The molecule has 0 fully saturated rings. The predicted octanol–water partition coefficient (Wildman–Crippen LogP) is 2.68. The van der Waals surface area contributed by atoms with Gasteiger partial charge in [0.2, 0.25) is 23.4 Å². The molecule has 9 heteroatoms.